The summed E-state index contributed by atoms with van der Waals surface area (Å²) in [4.78, 5) is 71.3. The molecule has 6 atom stereocenters. The molecule has 0 radical (unpaired) electrons. The second-order valence-electron chi connectivity index (χ2n) is 14.4. The smallest absolute Gasteiger partial charge is 0.315 e. The van der Waals surface area contributed by atoms with E-state index in [0.717, 1.165) is 88.6 Å². The molecule has 0 aromatic carbocycles. The van der Waals surface area contributed by atoms with E-state index in [4.69, 9.17) is 4.74 Å². The Morgan fingerprint density at radius 2 is 0.887 bits per heavy atom. The molecule has 4 fully saturated rings. The molecular formula is C36H62N8O7S2. The molecule has 17 heteroatoms. The highest BCUT2D eigenvalue weighted by molar-refractivity contribution is 8.00. The first-order valence-electron chi connectivity index (χ1n) is 19.8. The third kappa shape index (κ3) is 16.5. The summed E-state index contributed by atoms with van der Waals surface area (Å²) in [6, 6.07) is 0.772. The number of amides is 8. The van der Waals surface area contributed by atoms with Gasteiger partial charge < -0.3 is 47.3 Å². The molecule has 0 unspecified atom stereocenters. The maximum absolute atomic E-state index is 12.1. The standard InChI is InChI=1S/C36H62N8O7S2/c45-29(15-7-5-11-27-33-25(23-52-27)41-35(49)43-33)37-17-9-1-3-13-31(47)39-19-21-51-22-20-40-32(48)14-4-2-10-18-38-30(46)16-8-6-12-28-34-26(24-53-28)42-36(50)44-34/h25-28,33-34H,1-24H2,(H,37,45)(H,38,46)(H,39,47)(H,40,48)(H2,41,43,49)(H2,42,44,50)/t25-,26-,27-,28-,33-,34-/m0/s1. The van der Waals surface area contributed by atoms with Crippen molar-refractivity contribution in [2.45, 2.75) is 137 Å². The lowest BCUT2D eigenvalue weighted by Gasteiger charge is -2.16. The van der Waals surface area contributed by atoms with Crippen LogP contribution in [0.5, 0.6) is 0 Å². The third-order valence-corrected chi connectivity index (χ3v) is 13.1. The second-order valence-corrected chi connectivity index (χ2v) is 16.9. The lowest BCUT2D eigenvalue weighted by atomic mass is 10.0. The van der Waals surface area contributed by atoms with Crippen molar-refractivity contribution in [3.8, 4) is 0 Å². The van der Waals surface area contributed by atoms with Gasteiger partial charge in [0.15, 0.2) is 0 Å². The summed E-state index contributed by atoms with van der Waals surface area (Å²) in [5.41, 5.74) is 0. The Hall–Kier alpha value is -2.92. The number of rotatable bonds is 28. The topological polar surface area (TPSA) is 208 Å². The normalized spacial score (nSPS) is 24.0. The molecule has 53 heavy (non-hydrogen) atoms. The zero-order valence-corrected chi connectivity index (χ0v) is 32.7. The van der Waals surface area contributed by atoms with E-state index in [0.29, 0.717) is 75.6 Å². The Morgan fingerprint density at radius 3 is 1.30 bits per heavy atom. The number of carbonyl (C=O) groups excluding carboxylic acids is 6. The van der Waals surface area contributed by atoms with Gasteiger partial charge in [0.2, 0.25) is 23.6 Å². The fraction of sp³-hybridized carbons (Fsp3) is 0.833. The molecule has 0 aromatic rings. The van der Waals surface area contributed by atoms with Gasteiger partial charge in [-0.05, 0) is 51.4 Å². The zero-order valence-electron chi connectivity index (χ0n) is 31.1. The fourth-order valence-corrected chi connectivity index (χ4v) is 10.2. The van der Waals surface area contributed by atoms with E-state index >= 15 is 0 Å². The second kappa shape index (κ2) is 24.5. The van der Waals surface area contributed by atoms with E-state index in [1.165, 1.54) is 0 Å². The molecule has 0 saturated carbocycles. The molecule has 0 bridgehead atoms. The van der Waals surface area contributed by atoms with E-state index in [1.807, 2.05) is 23.5 Å². The van der Waals surface area contributed by atoms with Crippen molar-refractivity contribution in [2.75, 3.05) is 50.9 Å². The van der Waals surface area contributed by atoms with Gasteiger partial charge in [-0.1, -0.05) is 25.7 Å². The van der Waals surface area contributed by atoms with Crippen LogP contribution in [0.1, 0.15) is 103 Å². The average molecular weight is 783 g/mol. The number of hydrogen-bond acceptors (Lipinski definition) is 9. The van der Waals surface area contributed by atoms with Gasteiger partial charge in [0, 0.05) is 73.9 Å². The minimum atomic E-state index is -0.0664. The maximum atomic E-state index is 12.1. The number of unbranched alkanes of at least 4 members (excludes halogenated alkanes) is 6. The summed E-state index contributed by atoms with van der Waals surface area (Å²) < 4.78 is 5.51. The number of carbonyl (C=O) groups is 6. The van der Waals surface area contributed by atoms with Crippen LogP contribution in [-0.2, 0) is 23.9 Å². The van der Waals surface area contributed by atoms with Crippen LogP contribution in [0.15, 0.2) is 0 Å². The maximum Gasteiger partial charge on any atom is 0.315 e. The first kappa shape index (κ1) is 42.8. The van der Waals surface area contributed by atoms with Crippen molar-refractivity contribution in [2.24, 2.45) is 0 Å². The Labute approximate surface area is 322 Å². The van der Waals surface area contributed by atoms with Crippen LogP contribution in [0, 0.1) is 0 Å². The SMILES string of the molecule is O=C(CCCC[C@@H]1SC[C@@H]2NC(=O)N[C@@H]21)NCCCCCC(=O)NCCOCCNC(=O)CCCCCNC(=O)CCCC[C@@H]1SC[C@@H]2NC(=O)N[C@@H]21. The van der Waals surface area contributed by atoms with Crippen LogP contribution < -0.4 is 42.5 Å². The van der Waals surface area contributed by atoms with Crippen molar-refractivity contribution >= 4 is 59.2 Å². The predicted octanol–water partition coefficient (Wildman–Crippen LogP) is 2.04. The molecular weight excluding hydrogens is 721 g/mol. The van der Waals surface area contributed by atoms with Gasteiger partial charge in [0.25, 0.3) is 0 Å². The highest BCUT2D eigenvalue weighted by Gasteiger charge is 2.43. The molecule has 4 aliphatic rings. The first-order valence-corrected chi connectivity index (χ1v) is 21.9. The van der Waals surface area contributed by atoms with Gasteiger partial charge in [-0.15, -0.1) is 0 Å². The monoisotopic (exact) mass is 782 g/mol. The average Bonchev–Trinajstić information content (AvgIpc) is 3.89. The molecule has 8 amide bonds. The van der Waals surface area contributed by atoms with Crippen molar-refractivity contribution in [1.82, 2.24) is 42.5 Å². The van der Waals surface area contributed by atoms with Gasteiger partial charge in [-0.25, -0.2) is 9.59 Å². The molecule has 8 N–H and O–H groups in total. The lowest BCUT2D eigenvalue weighted by Crippen LogP contribution is -2.36. The quantitative estimate of drug-likeness (QED) is 0.0431. The van der Waals surface area contributed by atoms with E-state index in [1.54, 1.807) is 0 Å². The molecule has 15 nitrogen and oxygen atoms in total. The largest absolute Gasteiger partial charge is 0.378 e. The number of nitrogens with one attached hydrogen (secondary N) is 8. The molecule has 300 valence electrons. The van der Waals surface area contributed by atoms with Gasteiger partial charge in [-0.3, -0.25) is 19.2 Å². The Morgan fingerprint density at radius 1 is 0.509 bits per heavy atom. The Kier molecular flexibility index (Phi) is 19.8. The summed E-state index contributed by atoms with van der Waals surface area (Å²) in [6.07, 6.45) is 12.5. The van der Waals surface area contributed by atoms with Crippen LogP contribution in [0.25, 0.3) is 0 Å². The van der Waals surface area contributed by atoms with Gasteiger partial charge in [0.1, 0.15) is 0 Å². The number of fused-ring (bicyclic) bond motifs is 2. The lowest BCUT2D eigenvalue weighted by molar-refractivity contribution is -0.122. The van der Waals surface area contributed by atoms with Crippen molar-refractivity contribution in [3.63, 3.8) is 0 Å². The van der Waals surface area contributed by atoms with Crippen LogP contribution in [0.2, 0.25) is 0 Å². The van der Waals surface area contributed by atoms with Gasteiger partial charge in [-0.2, -0.15) is 23.5 Å². The fourth-order valence-electron chi connectivity index (χ4n) is 7.16. The van der Waals surface area contributed by atoms with E-state index < -0.39 is 0 Å². The third-order valence-electron chi connectivity index (χ3n) is 10.1. The van der Waals surface area contributed by atoms with Crippen molar-refractivity contribution < 1.29 is 33.5 Å². The van der Waals surface area contributed by atoms with Crippen LogP contribution in [0.4, 0.5) is 9.59 Å². The molecule has 0 aliphatic carbocycles. The summed E-state index contributed by atoms with van der Waals surface area (Å²) in [5.74, 6) is 2.01. The summed E-state index contributed by atoms with van der Waals surface area (Å²) >= 11 is 3.80. The molecule has 4 aliphatic heterocycles. The highest BCUT2D eigenvalue weighted by atomic mass is 32.2. The summed E-state index contributed by atoms with van der Waals surface area (Å²) in [7, 11) is 0. The predicted molar refractivity (Wildman–Crippen MR) is 208 cm³/mol. The van der Waals surface area contributed by atoms with Crippen LogP contribution in [0.3, 0.4) is 0 Å². The van der Waals surface area contributed by atoms with E-state index in [9.17, 15) is 28.8 Å². The van der Waals surface area contributed by atoms with Crippen LogP contribution in [-0.4, -0.2) is 121 Å². The molecule has 4 saturated heterocycles. The molecule has 4 rings (SSSR count). The number of hydrogen-bond donors (Lipinski definition) is 8. The minimum Gasteiger partial charge on any atom is -0.378 e. The summed E-state index contributed by atoms with van der Waals surface area (Å²) in [5, 5.41) is 24.4. The number of ether oxygens (including phenoxy) is 1. The van der Waals surface area contributed by atoms with Crippen LogP contribution >= 0.6 is 23.5 Å². The Balaban J connectivity index is 0.825. The number of thioether (sulfide) groups is 2. The molecule has 0 spiro atoms. The summed E-state index contributed by atoms with van der Waals surface area (Å²) in [6.45, 7) is 2.85. The first-order chi connectivity index (χ1) is 25.8. The highest BCUT2D eigenvalue weighted by Crippen LogP contribution is 2.34. The van der Waals surface area contributed by atoms with Gasteiger partial charge >= 0.3 is 12.1 Å². The zero-order chi connectivity index (χ0) is 37.7. The van der Waals surface area contributed by atoms with Gasteiger partial charge in [0.05, 0.1) is 37.4 Å². The van der Waals surface area contributed by atoms with Crippen molar-refractivity contribution in [3.05, 3.63) is 0 Å². The molecule has 0 aromatic heterocycles. The Bertz CT molecular complexity index is 1110. The molecule has 4 heterocycles. The minimum absolute atomic E-state index is 0.0164. The van der Waals surface area contributed by atoms with E-state index in [-0.39, 0.29) is 59.9 Å². The van der Waals surface area contributed by atoms with Crippen molar-refractivity contribution in [1.29, 1.82) is 0 Å². The van der Waals surface area contributed by atoms with E-state index in [2.05, 4.69) is 42.5 Å². The number of urea groups is 2.